The third-order valence-corrected chi connectivity index (χ3v) is 10.7. The molecule has 0 aliphatic carbocycles. The summed E-state index contributed by atoms with van der Waals surface area (Å²) in [4.78, 5) is 17.0. The van der Waals surface area contributed by atoms with E-state index in [0.717, 1.165) is 65.1 Å². The van der Waals surface area contributed by atoms with Crippen molar-refractivity contribution in [2.24, 2.45) is 16.2 Å². The van der Waals surface area contributed by atoms with Crippen molar-refractivity contribution in [2.75, 3.05) is 0 Å². The van der Waals surface area contributed by atoms with E-state index in [0.29, 0.717) is 0 Å². The second-order valence-electron chi connectivity index (χ2n) is 16.5. The fourth-order valence-corrected chi connectivity index (χ4v) is 6.39. The predicted octanol–water partition coefficient (Wildman–Crippen LogP) is 13.1. The molecule has 5 aromatic rings. The smallest absolute Gasteiger partial charge is 0.164 e. The molecular weight excluding hydrogens is 795 g/mol. The first-order chi connectivity index (χ1) is 22.9. The number of aliphatic hydroxyl groups is 1. The van der Waals surface area contributed by atoms with Gasteiger partial charge in [-0.1, -0.05) is 124 Å². The van der Waals surface area contributed by atoms with Crippen molar-refractivity contribution in [3.63, 3.8) is 0 Å². The average Bonchev–Trinajstić information content (AvgIpc) is 3.48. The van der Waals surface area contributed by atoms with Gasteiger partial charge in [0.05, 0.1) is 6.26 Å². The van der Waals surface area contributed by atoms with Gasteiger partial charge in [-0.25, -0.2) is 0 Å². The number of pyridine rings is 1. The summed E-state index contributed by atoms with van der Waals surface area (Å²) in [6, 6.07) is 20.9. The van der Waals surface area contributed by atoms with Gasteiger partial charge < -0.3 is 9.52 Å². The van der Waals surface area contributed by atoms with Crippen LogP contribution in [0.3, 0.4) is 0 Å². The molecule has 5 rings (SSSR count). The quantitative estimate of drug-likeness (QED) is 0.0911. The second-order valence-corrected chi connectivity index (χ2v) is 16.5. The Labute approximate surface area is 314 Å². The first-order valence-electron chi connectivity index (χ1n) is 18.1. The van der Waals surface area contributed by atoms with Crippen LogP contribution in [0.25, 0.3) is 43.8 Å². The largest absolute Gasteiger partial charge is 0.512 e. The Bertz CT molecular complexity index is 1960. The average molecular weight is 853 g/mol. The van der Waals surface area contributed by atoms with Gasteiger partial charge in [0.15, 0.2) is 5.78 Å². The summed E-state index contributed by atoms with van der Waals surface area (Å²) in [6.45, 7) is 25.7. The summed E-state index contributed by atoms with van der Waals surface area (Å²) in [5, 5.41) is 15.9. The SMILES string of the molecule is CC(C)(C)Cc1coc2c1ccc1c(-c3[c-]c4ccccc4c(C(C)(C)C)c3)nccc12.CCC(C)(CC)C(=O)/C=C(\O)C(C)(CC)CC.[Ir]. The topological polar surface area (TPSA) is 63.3 Å². The molecule has 0 amide bonds. The van der Waals surface area contributed by atoms with Crippen LogP contribution in [0.15, 0.2) is 77.2 Å². The number of benzene rings is 3. The van der Waals surface area contributed by atoms with Crippen LogP contribution in [-0.2, 0) is 36.7 Å². The summed E-state index contributed by atoms with van der Waals surface area (Å²) < 4.78 is 6.11. The van der Waals surface area contributed by atoms with Crippen molar-refractivity contribution >= 4 is 38.3 Å². The normalized spacial score (nSPS) is 12.9. The van der Waals surface area contributed by atoms with Crippen LogP contribution in [0.4, 0.5) is 0 Å². The summed E-state index contributed by atoms with van der Waals surface area (Å²) in [7, 11) is 0. The monoisotopic (exact) mass is 853 g/mol. The maximum atomic E-state index is 12.2. The number of rotatable bonds is 9. The second kappa shape index (κ2) is 16.0. The molecule has 4 nitrogen and oxygen atoms in total. The van der Waals surface area contributed by atoms with Crippen LogP contribution < -0.4 is 0 Å². The Hall–Kier alpha value is -3.27. The van der Waals surface area contributed by atoms with Crippen molar-refractivity contribution in [3.05, 3.63) is 90.0 Å². The molecule has 5 heteroatoms. The summed E-state index contributed by atoms with van der Waals surface area (Å²) >= 11 is 0. The Morgan fingerprint density at radius 2 is 1.40 bits per heavy atom. The zero-order chi connectivity index (χ0) is 36.4. The minimum absolute atomic E-state index is 0. The standard InChI is InChI=1S/C30H30NO.C15H28O2.Ir/c1-29(2,3)17-21-18-32-28-23(21)11-12-24-25(28)13-14-31-27(24)20-15-19-9-7-8-10-22(19)26(16-20)30(4,5)6;1-7-14(5,8-2)12(16)11-13(17)15(6,9-3)10-4;/h7-14,16,18H,17H2,1-6H3;11,16H,7-10H2,1-6H3;/q-1;;/b;12-11-;. The van der Waals surface area contributed by atoms with Crippen molar-refractivity contribution in [3.8, 4) is 11.3 Å². The summed E-state index contributed by atoms with van der Waals surface area (Å²) in [5.41, 5.74) is 5.13. The van der Waals surface area contributed by atoms with Crippen LogP contribution in [0.1, 0.15) is 120 Å². The van der Waals surface area contributed by atoms with Gasteiger partial charge in [0.25, 0.3) is 0 Å². The fraction of sp³-hybridized carbons (Fsp3) is 0.467. The molecule has 0 bridgehead atoms. The minimum Gasteiger partial charge on any atom is -0.512 e. The van der Waals surface area contributed by atoms with Crippen LogP contribution >= 0.6 is 0 Å². The van der Waals surface area contributed by atoms with E-state index in [4.69, 9.17) is 9.40 Å². The van der Waals surface area contributed by atoms with Crippen molar-refractivity contribution in [2.45, 2.75) is 121 Å². The van der Waals surface area contributed by atoms with Crippen molar-refractivity contribution < 1.29 is 34.4 Å². The molecule has 0 atom stereocenters. The zero-order valence-electron chi connectivity index (χ0n) is 32.4. The number of hydrogen-bond donors (Lipinski definition) is 1. The number of hydrogen-bond acceptors (Lipinski definition) is 4. The Morgan fingerprint density at radius 1 is 0.800 bits per heavy atom. The van der Waals surface area contributed by atoms with Crippen molar-refractivity contribution in [1.82, 2.24) is 4.98 Å². The van der Waals surface area contributed by atoms with Gasteiger partial charge in [0.1, 0.15) is 11.3 Å². The van der Waals surface area contributed by atoms with Gasteiger partial charge in [-0.2, -0.15) is 0 Å². The van der Waals surface area contributed by atoms with Gasteiger partial charge in [0, 0.05) is 59.7 Å². The predicted molar refractivity (Wildman–Crippen MR) is 208 cm³/mol. The Morgan fingerprint density at radius 3 is 1.98 bits per heavy atom. The molecule has 50 heavy (non-hydrogen) atoms. The first kappa shape index (κ1) is 41.2. The Balaban J connectivity index is 0.000000323. The summed E-state index contributed by atoms with van der Waals surface area (Å²) in [5.74, 6) is 0.286. The van der Waals surface area contributed by atoms with E-state index in [2.05, 4.69) is 96.1 Å². The van der Waals surface area contributed by atoms with Crippen LogP contribution in [-0.4, -0.2) is 15.9 Å². The molecule has 0 saturated carbocycles. The molecule has 0 aliphatic heterocycles. The number of carbonyl (C=O) groups is 1. The number of carbonyl (C=O) groups excluding carboxylic acids is 1. The molecule has 0 saturated heterocycles. The molecule has 271 valence electrons. The molecule has 2 aromatic heterocycles. The summed E-state index contributed by atoms with van der Waals surface area (Å²) in [6.07, 6.45) is 9.55. The Kier molecular flexibility index (Phi) is 13.1. The number of fused-ring (bicyclic) bond motifs is 4. The van der Waals surface area contributed by atoms with Gasteiger partial charge >= 0.3 is 0 Å². The van der Waals surface area contributed by atoms with Crippen LogP contribution in [0, 0.1) is 22.3 Å². The van der Waals surface area contributed by atoms with E-state index in [1.165, 1.54) is 28.0 Å². The van der Waals surface area contributed by atoms with E-state index in [-0.39, 0.29) is 53.3 Å². The number of ketones is 1. The minimum atomic E-state index is -0.337. The molecular formula is C45H58IrNO3-. The third kappa shape index (κ3) is 8.77. The van der Waals surface area contributed by atoms with Crippen molar-refractivity contribution in [1.29, 1.82) is 0 Å². The third-order valence-electron chi connectivity index (χ3n) is 10.7. The molecule has 3 aromatic carbocycles. The van der Waals surface area contributed by atoms with Crippen LogP contribution in [0.5, 0.6) is 0 Å². The van der Waals surface area contributed by atoms with E-state index in [1.54, 1.807) is 0 Å². The number of furan rings is 1. The van der Waals surface area contributed by atoms with Crippen LogP contribution in [0.2, 0.25) is 0 Å². The molecule has 1 N–H and O–H groups in total. The first-order valence-corrected chi connectivity index (χ1v) is 18.1. The maximum Gasteiger partial charge on any atom is 0.164 e. The number of allylic oxidation sites excluding steroid dienone is 2. The van der Waals surface area contributed by atoms with Gasteiger partial charge in [-0.05, 0) is 60.0 Å². The van der Waals surface area contributed by atoms with E-state index < -0.39 is 0 Å². The van der Waals surface area contributed by atoms with Gasteiger partial charge in [-0.3, -0.25) is 9.78 Å². The molecule has 2 heterocycles. The van der Waals surface area contributed by atoms with Gasteiger partial charge in [0.2, 0.25) is 0 Å². The maximum absolute atomic E-state index is 12.2. The molecule has 1 radical (unpaired) electrons. The number of aromatic nitrogens is 1. The zero-order valence-corrected chi connectivity index (χ0v) is 34.8. The number of nitrogens with zero attached hydrogens (tertiary/aromatic N) is 1. The fourth-order valence-electron chi connectivity index (χ4n) is 6.39. The molecule has 0 fully saturated rings. The van der Waals surface area contributed by atoms with E-state index in [9.17, 15) is 9.90 Å². The molecule has 0 aliphatic rings. The number of aliphatic hydroxyl groups excluding tert-OH is 1. The van der Waals surface area contributed by atoms with E-state index in [1.807, 2.05) is 54.0 Å². The molecule has 0 unspecified atom stereocenters. The van der Waals surface area contributed by atoms with Gasteiger partial charge in [-0.15, -0.1) is 29.1 Å². The van der Waals surface area contributed by atoms with E-state index >= 15 is 0 Å². The molecule has 0 spiro atoms.